The van der Waals surface area contributed by atoms with Gasteiger partial charge in [0.1, 0.15) is 0 Å². The third-order valence-corrected chi connectivity index (χ3v) is 1.21. The minimum Gasteiger partial charge on any atom is -0.358 e. The summed E-state index contributed by atoms with van der Waals surface area (Å²) >= 11 is 0. The molecule has 2 N–H and O–H groups in total. The monoisotopic (exact) mass is 188 g/mol. The summed E-state index contributed by atoms with van der Waals surface area (Å²) in [5.41, 5.74) is 5.48. The quantitative estimate of drug-likeness (QED) is 0.567. The van der Waals surface area contributed by atoms with Gasteiger partial charge in [-0.05, 0) is 0 Å². The first kappa shape index (κ1) is 11.8. The third-order valence-electron chi connectivity index (χ3n) is 1.21. The zero-order chi connectivity index (χ0) is 4.41. The van der Waals surface area contributed by atoms with Crippen LogP contribution >= 0.6 is 0 Å². The Hall–Kier alpha value is 1.06. The Labute approximate surface area is 77.3 Å². The van der Waals surface area contributed by atoms with Gasteiger partial charge in [0, 0.05) is 32.7 Å². The van der Waals surface area contributed by atoms with Gasteiger partial charge in [0.2, 0.25) is 0 Å². The van der Waals surface area contributed by atoms with Crippen molar-refractivity contribution in [3.05, 3.63) is 13.8 Å². The summed E-state index contributed by atoms with van der Waals surface area (Å²) in [5, 5.41) is 0. The summed E-state index contributed by atoms with van der Waals surface area (Å²) in [6, 6.07) is 0.421. The molecule has 1 rings (SSSR count). The number of nitrogens with two attached hydrogens (primary N) is 1. The smallest absolute Gasteiger partial charge is 0 e. The van der Waals surface area contributed by atoms with E-state index in [1.165, 1.54) is 19.3 Å². The molecule has 8 heavy (non-hydrogen) atoms. The van der Waals surface area contributed by atoms with Crippen LogP contribution < -0.4 is 5.73 Å². The molecular formula is C6H13NY-2. The van der Waals surface area contributed by atoms with Crippen molar-refractivity contribution in [1.29, 1.82) is 0 Å². The standard InChI is InChI=1S/C5H10N.CH3.Y/c6-5-3-1-2-4-5;;/h3,5H,1-2,4,6H2;1H3;/q2*-1;. The van der Waals surface area contributed by atoms with Crippen molar-refractivity contribution in [2.45, 2.75) is 25.3 Å². The molecule has 1 fully saturated rings. The van der Waals surface area contributed by atoms with E-state index in [0.717, 1.165) is 0 Å². The topological polar surface area (TPSA) is 26.0 Å². The first-order valence-corrected chi connectivity index (χ1v) is 2.48. The summed E-state index contributed by atoms with van der Waals surface area (Å²) < 4.78 is 0. The van der Waals surface area contributed by atoms with Crippen molar-refractivity contribution in [3.8, 4) is 0 Å². The van der Waals surface area contributed by atoms with Gasteiger partial charge in [-0.3, -0.25) is 0 Å². The summed E-state index contributed by atoms with van der Waals surface area (Å²) in [4.78, 5) is 0. The summed E-state index contributed by atoms with van der Waals surface area (Å²) in [5.74, 6) is 0. The Morgan fingerprint density at radius 2 is 2.12 bits per heavy atom. The van der Waals surface area contributed by atoms with E-state index in [9.17, 15) is 0 Å². The molecule has 1 saturated carbocycles. The molecule has 1 atom stereocenters. The van der Waals surface area contributed by atoms with Crippen LogP contribution in [0.3, 0.4) is 0 Å². The molecule has 0 spiro atoms. The van der Waals surface area contributed by atoms with E-state index in [1.807, 2.05) is 0 Å². The van der Waals surface area contributed by atoms with E-state index in [1.54, 1.807) is 0 Å². The Kier molecular flexibility index (Phi) is 9.14. The van der Waals surface area contributed by atoms with Crippen molar-refractivity contribution in [2.24, 2.45) is 5.73 Å². The second-order valence-corrected chi connectivity index (χ2v) is 1.83. The van der Waals surface area contributed by atoms with Crippen molar-refractivity contribution in [1.82, 2.24) is 0 Å². The fourth-order valence-electron chi connectivity index (χ4n) is 0.803. The van der Waals surface area contributed by atoms with Crippen LogP contribution in [-0.2, 0) is 32.7 Å². The number of hydrogen-bond acceptors (Lipinski definition) is 1. The van der Waals surface area contributed by atoms with Crippen molar-refractivity contribution >= 4 is 0 Å². The predicted molar refractivity (Wildman–Crippen MR) is 32.5 cm³/mol. The first-order valence-electron chi connectivity index (χ1n) is 2.48. The predicted octanol–water partition coefficient (Wildman–Crippen LogP) is 1.15. The zero-order valence-corrected chi connectivity index (χ0v) is 8.27. The molecule has 0 heterocycles. The molecule has 1 radical (unpaired) electrons. The van der Waals surface area contributed by atoms with Crippen LogP contribution in [0.4, 0.5) is 0 Å². The van der Waals surface area contributed by atoms with Crippen LogP contribution in [0, 0.1) is 13.8 Å². The van der Waals surface area contributed by atoms with E-state index in [4.69, 9.17) is 5.73 Å². The van der Waals surface area contributed by atoms with Crippen molar-refractivity contribution in [3.63, 3.8) is 0 Å². The molecule has 1 aliphatic carbocycles. The average Bonchev–Trinajstić information content (AvgIpc) is 1.86. The minimum absolute atomic E-state index is 0. The molecule has 0 saturated heterocycles. The zero-order valence-electron chi connectivity index (χ0n) is 5.43. The second kappa shape index (κ2) is 6.19. The normalized spacial score (nSPS) is 25.9. The molecule has 0 bridgehead atoms. The number of rotatable bonds is 0. The molecule has 1 unspecified atom stereocenters. The molecule has 1 aliphatic rings. The van der Waals surface area contributed by atoms with E-state index in [2.05, 4.69) is 6.42 Å². The molecule has 0 aromatic rings. The van der Waals surface area contributed by atoms with Crippen LogP contribution in [0.25, 0.3) is 0 Å². The SMILES string of the molecule is NC1[CH-]CCC1.[CH3-].[Y]. The molecule has 0 aromatic carbocycles. The van der Waals surface area contributed by atoms with Gasteiger partial charge in [0.05, 0.1) is 0 Å². The Bertz CT molecular complexity index is 41.8. The summed E-state index contributed by atoms with van der Waals surface area (Å²) in [6.45, 7) is 0. The van der Waals surface area contributed by atoms with Crippen LogP contribution in [0.1, 0.15) is 19.3 Å². The fraction of sp³-hybridized carbons (Fsp3) is 0.667. The van der Waals surface area contributed by atoms with Crippen molar-refractivity contribution in [2.75, 3.05) is 0 Å². The van der Waals surface area contributed by atoms with Crippen LogP contribution in [0.5, 0.6) is 0 Å². The Morgan fingerprint density at radius 3 is 2.25 bits per heavy atom. The molecule has 47 valence electrons. The molecule has 0 aliphatic heterocycles. The summed E-state index contributed by atoms with van der Waals surface area (Å²) in [6.07, 6.45) is 5.93. The molecule has 2 heteroatoms. The van der Waals surface area contributed by atoms with Crippen molar-refractivity contribution < 1.29 is 32.7 Å². The van der Waals surface area contributed by atoms with Crippen LogP contribution in [0.2, 0.25) is 0 Å². The van der Waals surface area contributed by atoms with Crippen LogP contribution in [-0.4, -0.2) is 6.04 Å². The molecular weight excluding hydrogens is 175 g/mol. The maximum Gasteiger partial charge on any atom is 0 e. The third kappa shape index (κ3) is 3.99. The van der Waals surface area contributed by atoms with Gasteiger partial charge in [-0.2, -0.15) is 6.42 Å². The Morgan fingerprint density at radius 1 is 1.50 bits per heavy atom. The largest absolute Gasteiger partial charge is 0.358 e. The number of hydrogen-bond donors (Lipinski definition) is 1. The maximum atomic E-state index is 5.48. The van der Waals surface area contributed by atoms with Gasteiger partial charge in [-0.25, -0.2) is 0 Å². The van der Waals surface area contributed by atoms with E-state index in [0.29, 0.717) is 6.04 Å². The van der Waals surface area contributed by atoms with Gasteiger partial charge in [0.15, 0.2) is 0 Å². The van der Waals surface area contributed by atoms with Crippen LogP contribution in [0.15, 0.2) is 0 Å². The van der Waals surface area contributed by atoms with Gasteiger partial charge in [0.25, 0.3) is 0 Å². The Balaban J connectivity index is 0. The van der Waals surface area contributed by atoms with Gasteiger partial charge < -0.3 is 19.6 Å². The minimum atomic E-state index is 0. The van der Waals surface area contributed by atoms with E-state index < -0.39 is 0 Å². The maximum absolute atomic E-state index is 5.48. The van der Waals surface area contributed by atoms with E-state index >= 15 is 0 Å². The van der Waals surface area contributed by atoms with Gasteiger partial charge in [-0.15, -0.1) is 6.04 Å². The molecule has 1 nitrogen and oxygen atoms in total. The fourth-order valence-corrected chi connectivity index (χ4v) is 0.803. The van der Waals surface area contributed by atoms with E-state index in [-0.39, 0.29) is 40.1 Å². The summed E-state index contributed by atoms with van der Waals surface area (Å²) in [7, 11) is 0. The average molecular weight is 188 g/mol. The second-order valence-electron chi connectivity index (χ2n) is 1.83. The first-order chi connectivity index (χ1) is 2.89. The molecule has 0 amide bonds. The molecule has 0 aromatic heterocycles. The van der Waals surface area contributed by atoms with Gasteiger partial charge in [-0.1, -0.05) is 12.8 Å². The van der Waals surface area contributed by atoms with Gasteiger partial charge >= 0.3 is 0 Å².